The Hall–Kier alpha value is -1.42. The molecule has 0 saturated carbocycles. The van der Waals surface area contributed by atoms with Gasteiger partial charge in [0.25, 0.3) is 0 Å². The highest BCUT2D eigenvalue weighted by Gasteiger charge is 2.17. The maximum atomic E-state index is 9.97. The molecule has 0 spiro atoms. The summed E-state index contributed by atoms with van der Waals surface area (Å²) in [5.41, 5.74) is 6.09. The third kappa shape index (κ3) is 2.64. The van der Waals surface area contributed by atoms with Crippen molar-refractivity contribution in [1.82, 2.24) is 0 Å². The molecule has 4 N–H and O–H groups in total. The smallest absolute Gasteiger partial charge is 0.105 e. The minimum absolute atomic E-state index is 0.367. The Bertz CT molecular complexity index is 498. The van der Waals surface area contributed by atoms with E-state index in [4.69, 9.17) is 5.73 Å². The fraction of sp³-hybridized carbons (Fsp3) is 0.286. The molecule has 0 radical (unpaired) electrons. The highest BCUT2D eigenvalue weighted by molar-refractivity contribution is 5.83. The minimum Gasteiger partial charge on any atom is -0.390 e. The lowest BCUT2D eigenvalue weighted by Gasteiger charge is -2.17. The SMILES string of the molecule is NCCC(O)C(O)c1ccc2ccccc2c1. The second-order valence-electron chi connectivity index (χ2n) is 4.20. The molecule has 0 aliphatic heterocycles. The van der Waals surface area contributed by atoms with Gasteiger partial charge in [0.2, 0.25) is 0 Å². The van der Waals surface area contributed by atoms with Gasteiger partial charge in [-0.15, -0.1) is 0 Å². The van der Waals surface area contributed by atoms with Crippen LogP contribution in [0.2, 0.25) is 0 Å². The van der Waals surface area contributed by atoms with Gasteiger partial charge >= 0.3 is 0 Å². The van der Waals surface area contributed by atoms with E-state index in [2.05, 4.69) is 0 Å². The fourth-order valence-electron chi connectivity index (χ4n) is 1.94. The van der Waals surface area contributed by atoms with E-state index in [1.54, 1.807) is 0 Å². The number of hydrogen-bond acceptors (Lipinski definition) is 3. The highest BCUT2D eigenvalue weighted by atomic mass is 16.3. The van der Waals surface area contributed by atoms with Crippen molar-refractivity contribution in [2.75, 3.05) is 6.54 Å². The standard InChI is InChI=1S/C14H17NO2/c15-8-7-13(16)14(17)12-6-5-10-3-1-2-4-11(10)9-12/h1-6,9,13-14,16-17H,7-8,15H2. The van der Waals surface area contributed by atoms with E-state index >= 15 is 0 Å². The Kier molecular flexibility index (Phi) is 3.74. The number of fused-ring (bicyclic) bond motifs is 1. The molecule has 2 aromatic carbocycles. The number of benzene rings is 2. The average molecular weight is 231 g/mol. The predicted molar refractivity (Wildman–Crippen MR) is 68.6 cm³/mol. The first-order valence-corrected chi connectivity index (χ1v) is 5.77. The summed E-state index contributed by atoms with van der Waals surface area (Å²) in [6, 6.07) is 13.6. The first-order valence-electron chi connectivity index (χ1n) is 5.77. The molecule has 0 aliphatic carbocycles. The summed E-state index contributed by atoms with van der Waals surface area (Å²) in [4.78, 5) is 0. The molecule has 0 fully saturated rings. The zero-order valence-electron chi connectivity index (χ0n) is 9.58. The van der Waals surface area contributed by atoms with E-state index in [0.717, 1.165) is 16.3 Å². The van der Waals surface area contributed by atoms with E-state index in [1.165, 1.54) is 0 Å². The van der Waals surface area contributed by atoms with Gasteiger partial charge in [-0.25, -0.2) is 0 Å². The third-order valence-corrected chi connectivity index (χ3v) is 2.94. The largest absolute Gasteiger partial charge is 0.390 e. The number of aliphatic hydroxyl groups is 2. The Morgan fingerprint density at radius 1 is 1.00 bits per heavy atom. The molecule has 0 bridgehead atoms. The zero-order chi connectivity index (χ0) is 12.3. The third-order valence-electron chi connectivity index (χ3n) is 2.94. The van der Waals surface area contributed by atoms with Gasteiger partial charge in [-0.05, 0) is 35.4 Å². The van der Waals surface area contributed by atoms with Crippen LogP contribution in [-0.4, -0.2) is 22.9 Å². The molecule has 0 aromatic heterocycles. The number of hydrogen-bond donors (Lipinski definition) is 3. The summed E-state index contributed by atoms with van der Waals surface area (Å²) >= 11 is 0. The Balaban J connectivity index is 2.29. The van der Waals surface area contributed by atoms with Crippen LogP contribution in [-0.2, 0) is 0 Å². The molecule has 3 nitrogen and oxygen atoms in total. The summed E-state index contributed by atoms with van der Waals surface area (Å²) in [6.45, 7) is 0.367. The van der Waals surface area contributed by atoms with Crippen molar-refractivity contribution < 1.29 is 10.2 Å². The van der Waals surface area contributed by atoms with Crippen LogP contribution in [0.15, 0.2) is 42.5 Å². The second kappa shape index (κ2) is 5.27. The lowest BCUT2D eigenvalue weighted by Crippen LogP contribution is -2.21. The van der Waals surface area contributed by atoms with Gasteiger partial charge in [-0.3, -0.25) is 0 Å². The molecular formula is C14H17NO2. The Morgan fingerprint density at radius 3 is 2.41 bits per heavy atom. The second-order valence-corrected chi connectivity index (χ2v) is 4.20. The van der Waals surface area contributed by atoms with E-state index in [-0.39, 0.29) is 0 Å². The van der Waals surface area contributed by atoms with Crippen LogP contribution < -0.4 is 5.73 Å². The lowest BCUT2D eigenvalue weighted by molar-refractivity contribution is 0.0151. The summed E-state index contributed by atoms with van der Waals surface area (Å²) in [7, 11) is 0. The number of rotatable bonds is 4. The van der Waals surface area contributed by atoms with Crippen molar-refractivity contribution >= 4 is 10.8 Å². The summed E-state index contributed by atoms with van der Waals surface area (Å²) < 4.78 is 0. The summed E-state index contributed by atoms with van der Waals surface area (Å²) in [5, 5.41) is 21.9. The van der Waals surface area contributed by atoms with E-state index < -0.39 is 12.2 Å². The predicted octanol–water partition coefficient (Wildman–Crippen LogP) is 1.58. The maximum Gasteiger partial charge on any atom is 0.105 e. The molecule has 90 valence electrons. The van der Waals surface area contributed by atoms with Crippen LogP contribution in [0.4, 0.5) is 0 Å². The van der Waals surface area contributed by atoms with Crippen molar-refractivity contribution in [1.29, 1.82) is 0 Å². The molecule has 2 rings (SSSR count). The molecule has 17 heavy (non-hydrogen) atoms. The van der Waals surface area contributed by atoms with Gasteiger partial charge in [0.1, 0.15) is 6.10 Å². The van der Waals surface area contributed by atoms with Gasteiger partial charge in [-0.2, -0.15) is 0 Å². The van der Waals surface area contributed by atoms with Gasteiger partial charge in [-0.1, -0.05) is 36.4 Å². The normalized spacial score (nSPS) is 14.8. The van der Waals surface area contributed by atoms with Crippen LogP contribution in [0.1, 0.15) is 18.1 Å². The van der Waals surface area contributed by atoms with Crippen molar-refractivity contribution in [3.63, 3.8) is 0 Å². The molecular weight excluding hydrogens is 214 g/mol. The molecule has 0 aliphatic rings. The van der Waals surface area contributed by atoms with Crippen molar-refractivity contribution in [3.8, 4) is 0 Å². The first-order chi connectivity index (χ1) is 8.22. The van der Waals surface area contributed by atoms with Crippen LogP contribution in [0.25, 0.3) is 10.8 Å². The van der Waals surface area contributed by atoms with Crippen LogP contribution in [0.3, 0.4) is 0 Å². The molecule has 3 heteroatoms. The van der Waals surface area contributed by atoms with E-state index in [0.29, 0.717) is 13.0 Å². The highest BCUT2D eigenvalue weighted by Crippen LogP contribution is 2.23. The quantitative estimate of drug-likeness (QED) is 0.748. The minimum atomic E-state index is -0.872. The van der Waals surface area contributed by atoms with Crippen molar-refractivity contribution in [2.45, 2.75) is 18.6 Å². The Morgan fingerprint density at radius 2 is 1.71 bits per heavy atom. The molecule has 0 amide bonds. The van der Waals surface area contributed by atoms with Crippen LogP contribution in [0, 0.1) is 0 Å². The zero-order valence-corrected chi connectivity index (χ0v) is 9.58. The van der Waals surface area contributed by atoms with E-state index in [9.17, 15) is 10.2 Å². The summed E-state index contributed by atoms with van der Waals surface area (Å²) in [5.74, 6) is 0. The van der Waals surface area contributed by atoms with Gasteiger partial charge in [0.15, 0.2) is 0 Å². The average Bonchev–Trinajstić information content (AvgIpc) is 2.37. The maximum absolute atomic E-state index is 9.97. The van der Waals surface area contributed by atoms with Crippen LogP contribution >= 0.6 is 0 Å². The topological polar surface area (TPSA) is 66.5 Å². The number of nitrogens with two attached hydrogens (primary N) is 1. The first kappa shape index (κ1) is 12.0. The number of aliphatic hydroxyl groups excluding tert-OH is 2. The molecule has 2 aromatic rings. The fourth-order valence-corrected chi connectivity index (χ4v) is 1.94. The summed E-state index contributed by atoms with van der Waals surface area (Å²) in [6.07, 6.45) is -1.28. The van der Waals surface area contributed by atoms with Crippen LogP contribution in [0.5, 0.6) is 0 Å². The molecule has 0 saturated heterocycles. The lowest BCUT2D eigenvalue weighted by atomic mass is 9.99. The Labute approximate surface area is 101 Å². The molecule has 2 unspecified atom stereocenters. The van der Waals surface area contributed by atoms with Gasteiger partial charge in [0.05, 0.1) is 6.10 Å². The monoisotopic (exact) mass is 231 g/mol. The van der Waals surface area contributed by atoms with Crippen molar-refractivity contribution in [3.05, 3.63) is 48.0 Å². The van der Waals surface area contributed by atoms with Gasteiger partial charge in [0, 0.05) is 0 Å². The van der Waals surface area contributed by atoms with Crippen molar-refractivity contribution in [2.24, 2.45) is 5.73 Å². The van der Waals surface area contributed by atoms with Gasteiger partial charge < -0.3 is 15.9 Å². The molecule has 0 heterocycles. The molecule has 2 atom stereocenters. The van der Waals surface area contributed by atoms with E-state index in [1.807, 2.05) is 42.5 Å².